The summed E-state index contributed by atoms with van der Waals surface area (Å²) >= 11 is 5.89. The molecule has 0 spiro atoms. The predicted octanol–water partition coefficient (Wildman–Crippen LogP) is 4.60. The van der Waals surface area contributed by atoms with E-state index >= 15 is 0 Å². The van der Waals surface area contributed by atoms with Crippen LogP contribution >= 0.6 is 11.6 Å². The number of halogens is 1. The van der Waals surface area contributed by atoms with E-state index in [1.165, 1.54) is 16.8 Å². The van der Waals surface area contributed by atoms with Crippen LogP contribution in [0.25, 0.3) is 0 Å². The summed E-state index contributed by atoms with van der Waals surface area (Å²) < 4.78 is 0. The lowest BCUT2D eigenvalue weighted by Gasteiger charge is -2.37. The number of alkyl halides is 1. The predicted molar refractivity (Wildman–Crippen MR) is 84.9 cm³/mol. The molecule has 3 heteroatoms. The van der Waals surface area contributed by atoms with Crippen molar-refractivity contribution in [1.29, 1.82) is 0 Å². The topological polar surface area (TPSA) is 16.1 Å². The van der Waals surface area contributed by atoms with Crippen molar-refractivity contribution < 1.29 is 0 Å². The van der Waals surface area contributed by atoms with Gasteiger partial charge in [-0.05, 0) is 55.5 Å². The maximum Gasteiger partial charge on any atom is 0.136 e. The minimum Gasteiger partial charge on any atom is -0.323 e. The molecule has 104 valence electrons. The molecule has 0 saturated carbocycles. The third kappa shape index (κ3) is 2.29. The van der Waals surface area contributed by atoms with Crippen molar-refractivity contribution in [2.75, 3.05) is 4.90 Å². The summed E-state index contributed by atoms with van der Waals surface area (Å²) in [6, 6.07) is 11.2. The Hall–Kier alpha value is -1.54. The van der Waals surface area contributed by atoms with Crippen LogP contribution in [-0.4, -0.2) is 11.0 Å². The van der Waals surface area contributed by atoms with Crippen LogP contribution in [0.2, 0.25) is 0 Å². The smallest absolute Gasteiger partial charge is 0.136 e. The van der Waals surface area contributed by atoms with E-state index in [2.05, 4.69) is 54.1 Å². The molecule has 0 amide bonds. The zero-order chi connectivity index (χ0) is 14.1. The molecule has 2 nitrogen and oxygen atoms in total. The SMILES string of the molecule is Cc1cc(CCl)cnc1N1c2ccccc2CCC1C. The van der Waals surface area contributed by atoms with Crippen molar-refractivity contribution in [3.05, 3.63) is 53.2 Å². The average Bonchev–Trinajstić information content (AvgIpc) is 2.48. The van der Waals surface area contributed by atoms with Gasteiger partial charge in [0, 0.05) is 23.8 Å². The van der Waals surface area contributed by atoms with Crippen LogP contribution in [0.4, 0.5) is 11.5 Å². The Morgan fingerprint density at radius 2 is 2.15 bits per heavy atom. The maximum atomic E-state index is 5.89. The zero-order valence-corrected chi connectivity index (χ0v) is 12.7. The standard InChI is InChI=1S/C17H19ClN2/c1-12-9-14(10-18)11-19-17(12)20-13(2)7-8-15-5-3-4-6-16(15)20/h3-6,9,11,13H,7-8,10H2,1-2H3. The molecule has 0 bridgehead atoms. The van der Waals surface area contributed by atoms with Crippen molar-refractivity contribution in [3.63, 3.8) is 0 Å². The molecule has 2 heterocycles. The summed E-state index contributed by atoms with van der Waals surface area (Å²) in [6.45, 7) is 4.38. The fourth-order valence-corrected chi connectivity index (χ4v) is 3.11. The summed E-state index contributed by atoms with van der Waals surface area (Å²) in [7, 11) is 0. The van der Waals surface area contributed by atoms with Gasteiger partial charge in [0.1, 0.15) is 5.82 Å². The highest BCUT2D eigenvalue weighted by atomic mass is 35.5. The second-order valence-corrected chi connectivity index (χ2v) is 5.77. The Kier molecular flexibility index (Phi) is 3.66. The van der Waals surface area contributed by atoms with Crippen LogP contribution < -0.4 is 4.90 Å². The summed E-state index contributed by atoms with van der Waals surface area (Å²) in [5.74, 6) is 1.57. The molecule has 1 aromatic heterocycles. The van der Waals surface area contributed by atoms with E-state index in [1.807, 2.05) is 6.20 Å². The fourth-order valence-electron chi connectivity index (χ4n) is 2.96. The number of benzene rings is 1. The lowest BCUT2D eigenvalue weighted by atomic mass is 9.96. The third-order valence-corrected chi connectivity index (χ3v) is 4.32. The van der Waals surface area contributed by atoms with Gasteiger partial charge in [-0.25, -0.2) is 4.98 Å². The molecule has 1 unspecified atom stereocenters. The Balaban J connectivity index is 2.09. The van der Waals surface area contributed by atoms with E-state index < -0.39 is 0 Å². The molecular formula is C17H19ClN2. The van der Waals surface area contributed by atoms with Gasteiger partial charge in [0.05, 0.1) is 0 Å². The second kappa shape index (κ2) is 5.45. The number of hydrogen-bond acceptors (Lipinski definition) is 2. The van der Waals surface area contributed by atoms with Gasteiger partial charge in [0.25, 0.3) is 0 Å². The Bertz CT molecular complexity index is 624. The first-order valence-corrected chi connectivity index (χ1v) is 7.63. The van der Waals surface area contributed by atoms with E-state index in [4.69, 9.17) is 11.6 Å². The lowest BCUT2D eigenvalue weighted by molar-refractivity contribution is 0.612. The molecule has 1 atom stereocenters. The number of aromatic nitrogens is 1. The first-order chi connectivity index (χ1) is 9.70. The summed E-state index contributed by atoms with van der Waals surface area (Å²) in [5.41, 5.74) is 4.96. The first-order valence-electron chi connectivity index (χ1n) is 7.09. The van der Waals surface area contributed by atoms with E-state index in [1.54, 1.807) is 0 Å². The molecule has 0 N–H and O–H groups in total. The molecule has 0 radical (unpaired) electrons. The van der Waals surface area contributed by atoms with Gasteiger partial charge in [-0.3, -0.25) is 0 Å². The number of pyridine rings is 1. The van der Waals surface area contributed by atoms with Crippen LogP contribution in [-0.2, 0) is 12.3 Å². The summed E-state index contributed by atoms with van der Waals surface area (Å²) in [6.07, 6.45) is 4.20. The molecule has 1 aliphatic heterocycles. The molecule has 20 heavy (non-hydrogen) atoms. The quantitative estimate of drug-likeness (QED) is 0.750. The van der Waals surface area contributed by atoms with Crippen LogP contribution in [0.15, 0.2) is 36.5 Å². The number of rotatable bonds is 2. The number of hydrogen-bond donors (Lipinski definition) is 0. The highest BCUT2D eigenvalue weighted by Gasteiger charge is 2.25. The van der Waals surface area contributed by atoms with Crippen molar-refractivity contribution in [3.8, 4) is 0 Å². The van der Waals surface area contributed by atoms with Crippen LogP contribution in [0.1, 0.15) is 30.0 Å². The summed E-state index contributed by atoms with van der Waals surface area (Å²) in [4.78, 5) is 7.03. The molecular weight excluding hydrogens is 268 g/mol. The molecule has 2 aromatic rings. The molecule has 0 fully saturated rings. The number of aryl methyl sites for hydroxylation is 2. The highest BCUT2D eigenvalue weighted by molar-refractivity contribution is 6.17. The van der Waals surface area contributed by atoms with Crippen LogP contribution in [0.3, 0.4) is 0 Å². The van der Waals surface area contributed by atoms with Crippen molar-refractivity contribution >= 4 is 23.1 Å². The number of nitrogens with zero attached hydrogens (tertiary/aromatic N) is 2. The van der Waals surface area contributed by atoms with Crippen LogP contribution in [0.5, 0.6) is 0 Å². The van der Waals surface area contributed by atoms with Crippen molar-refractivity contribution in [1.82, 2.24) is 4.98 Å². The van der Waals surface area contributed by atoms with Crippen molar-refractivity contribution in [2.24, 2.45) is 0 Å². The number of para-hydroxylation sites is 1. The Morgan fingerprint density at radius 3 is 2.90 bits per heavy atom. The minimum atomic E-state index is 0.470. The van der Waals surface area contributed by atoms with E-state index in [0.29, 0.717) is 11.9 Å². The van der Waals surface area contributed by atoms with Gasteiger partial charge in [-0.2, -0.15) is 0 Å². The average molecular weight is 287 g/mol. The molecule has 1 aliphatic rings. The lowest BCUT2D eigenvalue weighted by Crippen LogP contribution is -2.34. The summed E-state index contributed by atoms with van der Waals surface area (Å²) in [5, 5.41) is 0. The van der Waals surface area contributed by atoms with E-state index in [0.717, 1.165) is 24.2 Å². The molecule has 3 rings (SSSR count). The van der Waals surface area contributed by atoms with Gasteiger partial charge < -0.3 is 4.90 Å². The van der Waals surface area contributed by atoms with Crippen LogP contribution in [0, 0.1) is 6.92 Å². The number of anilines is 2. The minimum absolute atomic E-state index is 0.470. The van der Waals surface area contributed by atoms with Gasteiger partial charge in [0.15, 0.2) is 0 Å². The third-order valence-electron chi connectivity index (χ3n) is 4.01. The second-order valence-electron chi connectivity index (χ2n) is 5.50. The van der Waals surface area contributed by atoms with Crippen molar-refractivity contribution in [2.45, 2.75) is 38.6 Å². The van der Waals surface area contributed by atoms with Gasteiger partial charge >= 0.3 is 0 Å². The molecule has 1 aromatic carbocycles. The Morgan fingerprint density at radius 1 is 1.35 bits per heavy atom. The van der Waals surface area contributed by atoms with E-state index in [-0.39, 0.29) is 0 Å². The molecule has 0 aliphatic carbocycles. The van der Waals surface area contributed by atoms with Gasteiger partial charge in [-0.15, -0.1) is 11.6 Å². The maximum absolute atomic E-state index is 5.89. The zero-order valence-electron chi connectivity index (χ0n) is 11.9. The fraction of sp³-hybridized carbons (Fsp3) is 0.353. The molecule has 0 saturated heterocycles. The van der Waals surface area contributed by atoms with Gasteiger partial charge in [-0.1, -0.05) is 18.2 Å². The van der Waals surface area contributed by atoms with E-state index in [9.17, 15) is 0 Å². The Labute approximate surface area is 125 Å². The normalized spacial score (nSPS) is 17.9. The largest absolute Gasteiger partial charge is 0.323 e. The van der Waals surface area contributed by atoms with Gasteiger partial charge in [0.2, 0.25) is 0 Å². The number of fused-ring (bicyclic) bond motifs is 1. The monoisotopic (exact) mass is 286 g/mol. The highest BCUT2D eigenvalue weighted by Crippen LogP contribution is 2.37. The first kappa shape index (κ1) is 13.4.